The fraction of sp³-hybridized carbons (Fsp3) is 0.875. The first-order valence-corrected chi connectivity index (χ1v) is 9.90. The number of carboxylic acid groups (broad SMARTS) is 1. The molecule has 0 aromatic rings. The molecule has 7 nitrogen and oxygen atoms in total. The predicted molar refractivity (Wildman–Crippen MR) is 78.6 cm³/mol. The lowest BCUT2D eigenvalue weighted by Crippen LogP contribution is -2.37. The van der Waals surface area contributed by atoms with Gasteiger partial charge in [-0.05, 0) is 19.7 Å². The van der Waals surface area contributed by atoms with Crippen LogP contribution >= 0.6 is 41.2 Å². The van der Waals surface area contributed by atoms with Gasteiger partial charge in [-0.3, -0.25) is 0 Å². The molecule has 1 heterocycles. The maximum Gasteiger partial charge on any atom is 0.334 e. The molecule has 1 fully saturated rings. The van der Waals surface area contributed by atoms with Gasteiger partial charge in [0.15, 0.2) is 6.10 Å². The SMILES string of the molecule is O=C(O)C(O)C1SSSS1.OCC(CO)(CO)CO. The molecule has 0 aliphatic carbocycles. The number of aliphatic carboxylic acids is 1. The van der Waals surface area contributed by atoms with Gasteiger partial charge in [0.1, 0.15) is 4.58 Å². The highest BCUT2D eigenvalue weighted by molar-refractivity contribution is 9.31. The van der Waals surface area contributed by atoms with Crippen molar-refractivity contribution in [1.29, 1.82) is 0 Å². The summed E-state index contributed by atoms with van der Waals surface area (Å²) in [5, 5.41) is 51.3. The third-order valence-electron chi connectivity index (χ3n) is 2.15. The lowest BCUT2D eigenvalue weighted by molar-refractivity contribution is -0.145. The molecule has 0 amide bonds. The zero-order chi connectivity index (χ0) is 14.9. The topological polar surface area (TPSA) is 138 Å². The minimum absolute atomic E-state index is 0.229. The summed E-state index contributed by atoms with van der Waals surface area (Å²) in [6.07, 6.45) is -1.24. The van der Waals surface area contributed by atoms with Crippen molar-refractivity contribution in [3.8, 4) is 0 Å². The van der Waals surface area contributed by atoms with Crippen molar-refractivity contribution in [1.82, 2.24) is 0 Å². The van der Waals surface area contributed by atoms with Crippen LogP contribution in [0.4, 0.5) is 0 Å². The van der Waals surface area contributed by atoms with Gasteiger partial charge in [-0.2, -0.15) is 0 Å². The smallest absolute Gasteiger partial charge is 0.334 e. The standard InChI is InChI=1S/C5H12O4.C3H4O3S4/c6-1-5(2-7,3-8)4-9;4-1(2(5)6)3-7-9-10-8-3/h6-9H,1-4H2;1,3-4H,(H,5,6). The van der Waals surface area contributed by atoms with E-state index in [1.807, 2.05) is 0 Å². The highest BCUT2D eigenvalue weighted by Crippen LogP contribution is 2.59. The van der Waals surface area contributed by atoms with E-state index in [0.717, 1.165) is 0 Å². The van der Waals surface area contributed by atoms with Crippen LogP contribution in [0.15, 0.2) is 0 Å². The van der Waals surface area contributed by atoms with Crippen LogP contribution in [0, 0.1) is 5.41 Å². The van der Waals surface area contributed by atoms with Crippen LogP contribution in [-0.4, -0.2) is 73.7 Å². The lowest BCUT2D eigenvalue weighted by atomic mass is 9.93. The molecule has 1 aliphatic rings. The largest absolute Gasteiger partial charge is 0.479 e. The molecular weight excluding hydrogens is 336 g/mol. The number of carboxylic acids is 1. The summed E-state index contributed by atoms with van der Waals surface area (Å²) < 4.78 is -0.229. The fourth-order valence-corrected chi connectivity index (χ4v) is 9.32. The van der Waals surface area contributed by atoms with Gasteiger partial charge in [-0.15, -0.1) is 0 Å². The average molecular weight is 352 g/mol. The molecule has 11 heteroatoms. The molecule has 0 radical (unpaired) electrons. The van der Waals surface area contributed by atoms with Crippen molar-refractivity contribution >= 4 is 47.2 Å². The van der Waals surface area contributed by atoms with Crippen LogP contribution in [0.25, 0.3) is 0 Å². The molecular formula is C8H16O7S4. The number of aliphatic hydroxyl groups is 5. The number of hydrogen-bond acceptors (Lipinski definition) is 10. The summed E-state index contributed by atoms with van der Waals surface area (Å²) in [6.45, 7) is -1.62. The van der Waals surface area contributed by atoms with Gasteiger partial charge in [0.05, 0.1) is 31.8 Å². The Morgan fingerprint density at radius 1 is 1.00 bits per heavy atom. The molecule has 1 saturated heterocycles. The average Bonchev–Trinajstić information content (AvgIpc) is 2.96. The van der Waals surface area contributed by atoms with Crippen LogP contribution < -0.4 is 0 Å². The number of carbonyl (C=O) groups is 1. The first kappa shape index (κ1) is 19.7. The Bertz CT molecular complexity index is 240. The van der Waals surface area contributed by atoms with Crippen LogP contribution in [0.5, 0.6) is 0 Å². The molecule has 19 heavy (non-hydrogen) atoms. The Balaban J connectivity index is 0.000000344. The molecule has 6 N–H and O–H groups in total. The number of hydrogen-bond donors (Lipinski definition) is 6. The van der Waals surface area contributed by atoms with Gasteiger partial charge < -0.3 is 30.6 Å². The van der Waals surface area contributed by atoms with E-state index in [4.69, 9.17) is 30.6 Å². The van der Waals surface area contributed by atoms with E-state index < -0.39 is 43.9 Å². The molecule has 0 saturated carbocycles. The lowest BCUT2D eigenvalue weighted by Gasteiger charge is -2.23. The third-order valence-corrected chi connectivity index (χ3v) is 9.86. The van der Waals surface area contributed by atoms with Crippen LogP contribution in [0.2, 0.25) is 0 Å². The summed E-state index contributed by atoms with van der Waals surface area (Å²) in [5.41, 5.74) is -1.11. The summed E-state index contributed by atoms with van der Waals surface area (Å²) in [6, 6.07) is 0. The summed E-state index contributed by atoms with van der Waals surface area (Å²) >= 11 is 0. The van der Waals surface area contributed by atoms with Crippen LogP contribution in [0.3, 0.4) is 0 Å². The maximum atomic E-state index is 10.2. The molecule has 0 aromatic carbocycles. The molecule has 1 rings (SSSR count). The third kappa shape index (κ3) is 6.78. The molecule has 1 aliphatic heterocycles. The van der Waals surface area contributed by atoms with Gasteiger partial charge in [0.2, 0.25) is 0 Å². The van der Waals surface area contributed by atoms with E-state index in [1.54, 1.807) is 0 Å². The summed E-state index contributed by atoms with van der Waals surface area (Å²) in [4.78, 5) is 10.2. The molecule has 114 valence electrons. The van der Waals surface area contributed by atoms with E-state index in [1.165, 1.54) is 41.2 Å². The first-order valence-electron chi connectivity index (χ1n) is 4.96. The second-order valence-electron chi connectivity index (χ2n) is 3.61. The van der Waals surface area contributed by atoms with Crippen LogP contribution in [0.1, 0.15) is 0 Å². The molecule has 1 unspecified atom stereocenters. The molecule has 0 aromatic heterocycles. The zero-order valence-corrected chi connectivity index (χ0v) is 13.0. The van der Waals surface area contributed by atoms with E-state index >= 15 is 0 Å². The van der Waals surface area contributed by atoms with E-state index in [2.05, 4.69) is 0 Å². The van der Waals surface area contributed by atoms with Gasteiger partial charge in [-0.1, -0.05) is 21.6 Å². The normalized spacial score (nSPS) is 17.7. The first-order chi connectivity index (χ1) is 8.96. The van der Waals surface area contributed by atoms with Crippen LogP contribution in [-0.2, 0) is 4.79 Å². The quantitative estimate of drug-likeness (QED) is 0.341. The molecule has 0 bridgehead atoms. The highest BCUT2D eigenvalue weighted by Gasteiger charge is 2.31. The monoisotopic (exact) mass is 352 g/mol. The second kappa shape index (κ2) is 10.4. The van der Waals surface area contributed by atoms with E-state index in [0.29, 0.717) is 0 Å². The summed E-state index contributed by atoms with van der Waals surface area (Å²) in [5.74, 6) is -1.15. The van der Waals surface area contributed by atoms with Crippen molar-refractivity contribution in [3.05, 3.63) is 0 Å². The van der Waals surface area contributed by atoms with Gasteiger partial charge in [-0.25, -0.2) is 4.79 Å². The minimum atomic E-state index is -1.24. The summed E-state index contributed by atoms with van der Waals surface area (Å²) in [7, 11) is 5.78. The van der Waals surface area contributed by atoms with Gasteiger partial charge in [0, 0.05) is 0 Å². The van der Waals surface area contributed by atoms with Crippen molar-refractivity contribution in [2.24, 2.45) is 5.41 Å². The Morgan fingerprint density at radius 2 is 1.37 bits per heavy atom. The fourth-order valence-electron chi connectivity index (χ4n) is 0.647. The Hall–Kier alpha value is 0.670. The van der Waals surface area contributed by atoms with Crippen molar-refractivity contribution < 1.29 is 35.4 Å². The maximum absolute atomic E-state index is 10.2. The van der Waals surface area contributed by atoms with Crippen molar-refractivity contribution in [2.75, 3.05) is 26.4 Å². The van der Waals surface area contributed by atoms with Crippen molar-refractivity contribution in [3.63, 3.8) is 0 Å². The Labute approximate surface area is 125 Å². The molecule has 0 spiro atoms. The van der Waals surface area contributed by atoms with Gasteiger partial charge >= 0.3 is 5.97 Å². The zero-order valence-electron chi connectivity index (χ0n) is 9.71. The van der Waals surface area contributed by atoms with E-state index in [9.17, 15) is 4.79 Å². The predicted octanol–water partition coefficient (Wildman–Crippen LogP) is -0.609. The number of aliphatic hydroxyl groups excluding tert-OH is 5. The second-order valence-corrected chi connectivity index (χ2v) is 10.0. The Morgan fingerprint density at radius 3 is 1.58 bits per heavy atom. The highest BCUT2D eigenvalue weighted by atomic mass is 33.7. The van der Waals surface area contributed by atoms with Gasteiger partial charge in [0.25, 0.3) is 0 Å². The van der Waals surface area contributed by atoms with E-state index in [-0.39, 0.29) is 4.58 Å². The minimum Gasteiger partial charge on any atom is -0.479 e. The Kier molecular flexibility index (Phi) is 10.8. The number of rotatable bonds is 6. The molecule has 1 atom stereocenters. The van der Waals surface area contributed by atoms with Crippen molar-refractivity contribution in [2.45, 2.75) is 10.7 Å².